The molecule has 2 aromatic carbocycles. The first kappa shape index (κ1) is 33.6. The third-order valence-corrected chi connectivity index (χ3v) is 6.90. The van der Waals surface area contributed by atoms with Gasteiger partial charge in [-0.3, -0.25) is 19.2 Å². The Labute approximate surface area is 254 Å². The average molecular weight is 595 g/mol. The maximum absolute atomic E-state index is 13.6. The van der Waals surface area contributed by atoms with E-state index in [1.807, 2.05) is 52.0 Å². The Morgan fingerprint density at radius 3 is 2.33 bits per heavy atom. The highest BCUT2D eigenvalue weighted by Gasteiger charge is 2.30. The Hall–Kier alpha value is -3.92. The molecule has 43 heavy (non-hydrogen) atoms. The molecule has 10 nitrogen and oxygen atoms in total. The lowest BCUT2D eigenvalue weighted by Gasteiger charge is -2.24. The first-order valence-corrected chi connectivity index (χ1v) is 15.0. The van der Waals surface area contributed by atoms with Crippen LogP contribution in [-0.2, 0) is 25.7 Å². The number of rotatable bonds is 6. The van der Waals surface area contributed by atoms with E-state index in [1.165, 1.54) is 0 Å². The van der Waals surface area contributed by atoms with Crippen LogP contribution in [0.1, 0.15) is 74.4 Å². The zero-order chi connectivity index (χ0) is 31.2. The van der Waals surface area contributed by atoms with E-state index in [2.05, 4.69) is 21.3 Å². The van der Waals surface area contributed by atoms with Crippen molar-refractivity contribution in [1.29, 1.82) is 0 Å². The standard InChI is InChI=1S/C33H46N4O6/c1-23-13-15-24(16-14-23)20-34-31(40)27-21-42-17-9-5-6-10-18-43-28-12-8-7-11-25(28)30(39)36-26(32(41)37-27)19-29(38)35-22-33(2,3)4/h7-8,11-16,26-27H,5-6,9-10,17-22H2,1-4H3,(H,34,40)(H,35,38)(H,36,39)(H,37,41)/t26-,27-/m0/s1. The van der Waals surface area contributed by atoms with Gasteiger partial charge in [-0.05, 0) is 49.3 Å². The van der Waals surface area contributed by atoms with E-state index in [0.29, 0.717) is 25.5 Å². The van der Waals surface area contributed by atoms with Gasteiger partial charge < -0.3 is 30.7 Å². The average Bonchev–Trinajstić information content (AvgIpc) is 2.97. The van der Waals surface area contributed by atoms with Gasteiger partial charge in [0.2, 0.25) is 17.7 Å². The molecular weight excluding hydrogens is 548 g/mol. The summed E-state index contributed by atoms with van der Waals surface area (Å²) in [6.45, 7) is 9.41. The topological polar surface area (TPSA) is 135 Å². The van der Waals surface area contributed by atoms with E-state index in [4.69, 9.17) is 9.47 Å². The molecule has 0 saturated heterocycles. The van der Waals surface area contributed by atoms with Gasteiger partial charge in [-0.1, -0.05) is 69.2 Å². The van der Waals surface area contributed by atoms with Crippen LogP contribution in [-0.4, -0.2) is 62.1 Å². The van der Waals surface area contributed by atoms with Crippen LogP contribution >= 0.6 is 0 Å². The lowest BCUT2D eigenvalue weighted by molar-refractivity contribution is -0.132. The van der Waals surface area contributed by atoms with Crippen molar-refractivity contribution in [2.45, 2.75) is 78.4 Å². The van der Waals surface area contributed by atoms with E-state index in [0.717, 1.165) is 36.8 Å². The molecule has 4 N–H and O–H groups in total. The summed E-state index contributed by atoms with van der Waals surface area (Å²) in [6, 6.07) is 12.3. The highest BCUT2D eigenvalue weighted by Crippen LogP contribution is 2.19. The largest absolute Gasteiger partial charge is 0.493 e. The van der Waals surface area contributed by atoms with Gasteiger partial charge in [0.05, 0.1) is 25.2 Å². The van der Waals surface area contributed by atoms with Crippen molar-refractivity contribution in [2.75, 3.05) is 26.4 Å². The summed E-state index contributed by atoms with van der Waals surface area (Å²) in [4.78, 5) is 53.1. The number of nitrogens with one attached hydrogen (secondary N) is 4. The maximum Gasteiger partial charge on any atom is 0.255 e. The highest BCUT2D eigenvalue weighted by molar-refractivity contribution is 6.01. The van der Waals surface area contributed by atoms with Crippen LogP contribution in [0.4, 0.5) is 0 Å². The zero-order valence-corrected chi connectivity index (χ0v) is 25.8. The number of benzene rings is 2. The third-order valence-electron chi connectivity index (χ3n) is 6.90. The molecule has 0 fully saturated rings. The Morgan fingerprint density at radius 2 is 1.60 bits per heavy atom. The van der Waals surface area contributed by atoms with E-state index >= 15 is 0 Å². The second kappa shape index (κ2) is 16.6. The molecule has 0 unspecified atom stereocenters. The second-order valence-electron chi connectivity index (χ2n) is 12.2. The summed E-state index contributed by atoms with van der Waals surface area (Å²) < 4.78 is 11.7. The van der Waals surface area contributed by atoms with Crippen LogP contribution in [0, 0.1) is 12.3 Å². The molecule has 0 aliphatic carbocycles. The molecule has 0 bridgehead atoms. The number of ether oxygens (including phenoxy) is 2. The summed E-state index contributed by atoms with van der Waals surface area (Å²) in [5.74, 6) is -1.64. The number of amides is 4. The number of carbonyl (C=O) groups is 4. The molecule has 0 spiro atoms. The van der Waals surface area contributed by atoms with E-state index in [9.17, 15) is 19.2 Å². The predicted molar refractivity (Wildman–Crippen MR) is 165 cm³/mol. The van der Waals surface area contributed by atoms with Crippen LogP contribution in [0.25, 0.3) is 0 Å². The van der Waals surface area contributed by atoms with Crippen LogP contribution < -0.4 is 26.0 Å². The van der Waals surface area contributed by atoms with Crippen molar-refractivity contribution in [1.82, 2.24) is 21.3 Å². The first-order chi connectivity index (χ1) is 20.5. The van der Waals surface area contributed by atoms with Gasteiger partial charge in [0.1, 0.15) is 17.8 Å². The molecule has 0 aromatic heterocycles. The lowest BCUT2D eigenvalue weighted by Crippen LogP contribution is -2.56. The SMILES string of the molecule is Cc1ccc(CNC(=O)[C@@H]2COCCCCCCOc3ccccc3C(=O)N[C@@H](CC(=O)NCC(C)(C)C)C(=O)N2)cc1. The normalized spacial score (nSPS) is 19.1. The lowest BCUT2D eigenvalue weighted by atomic mass is 9.97. The summed E-state index contributed by atoms with van der Waals surface area (Å²) >= 11 is 0. The number of carbonyl (C=O) groups excluding carboxylic acids is 4. The van der Waals surface area contributed by atoms with Crippen LogP contribution in [0.2, 0.25) is 0 Å². The van der Waals surface area contributed by atoms with Gasteiger partial charge in [0, 0.05) is 19.7 Å². The van der Waals surface area contributed by atoms with E-state index in [-0.39, 0.29) is 30.6 Å². The van der Waals surface area contributed by atoms with E-state index < -0.39 is 35.7 Å². The maximum atomic E-state index is 13.6. The van der Waals surface area contributed by atoms with E-state index in [1.54, 1.807) is 24.3 Å². The Morgan fingerprint density at radius 1 is 0.907 bits per heavy atom. The molecule has 1 aliphatic heterocycles. The van der Waals surface area contributed by atoms with Crippen molar-refractivity contribution in [2.24, 2.45) is 5.41 Å². The molecule has 0 radical (unpaired) electrons. The fourth-order valence-electron chi connectivity index (χ4n) is 4.36. The monoisotopic (exact) mass is 594 g/mol. The number of hydrogen-bond acceptors (Lipinski definition) is 6. The minimum Gasteiger partial charge on any atom is -0.493 e. The minimum atomic E-state index is -1.25. The van der Waals surface area contributed by atoms with Gasteiger partial charge in [-0.15, -0.1) is 0 Å². The molecule has 2 aromatic rings. The fourth-order valence-corrected chi connectivity index (χ4v) is 4.36. The first-order valence-electron chi connectivity index (χ1n) is 15.0. The van der Waals surface area contributed by atoms with Crippen molar-refractivity contribution in [3.05, 3.63) is 65.2 Å². The highest BCUT2D eigenvalue weighted by atomic mass is 16.5. The molecule has 2 atom stereocenters. The van der Waals surface area contributed by atoms with Crippen LogP contribution in [0.3, 0.4) is 0 Å². The fraction of sp³-hybridized carbons (Fsp3) is 0.515. The Balaban J connectivity index is 1.82. The van der Waals surface area contributed by atoms with Gasteiger partial charge in [-0.25, -0.2) is 0 Å². The zero-order valence-electron chi connectivity index (χ0n) is 25.8. The van der Waals surface area contributed by atoms with Gasteiger partial charge in [0.25, 0.3) is 5.91 Å². The minimum absolute atomic E-state index is 0.0473. The van der Waals surface area contributed by atoms with Gasteiger partial charge in [0.15, 0.2) is 0 Å². The third kappa shape index (κ3) is 12.1. The van der Waals surface area contributed by atoms with Crippen molar-refractivity contribution >= 4 is 23.6 Å². The summed E-state index contributed by atoms with van der Waals surface area (Å²) in [5.41, 5.74) is 2.11. The van der Waals surface area contributed by atoms with Crippen LogP contribution in [0.5, 0.6) is 5.75 Å². The predicted octanol–water partition coefficient (Wildman–Crippen LogP) is 3.42. The second-order valence-corrected chi connectivity index (χ2v) is 12.2. The molecule has 234 valence electrons. The smallest absolute Gasteiger partial charge is 0.255 e. The molecule has 10 heteroatoms. The number of para-hydroxylation sites is 1. The van der Waals surface area contributed by atoms with Gasteiger partial charge in [-0.2, -0.15) is 0 Å². The number of aryl methyl sites for hydroxylation is 1. The Kier molecular flexibility index (Phi) is 13.0. The molecule has 4 amide bonds. The molecule has 1 aliphatic rings. The summed E-state index contributed by atoms with van der Waals surface area (Å²) in [6.07, 6.45) is 3.11. The van der Waals surface area contributed by atoms with Crippen molar-refractivity contribution < 1.29 is 28.7 Å². The van der Waals surface area contributed by atoms with Gasteiger partial charge >= 0.3 is 0 Å². The van der Waals surface area contributed by atoms with Crippen molar-refractivity contribution in [3.8, 4) is 5.75 Å². The number of fused-ring (bicyclic) bond motifs is 1. The van der Waals surface area contributed by atoms with Crippen LogP contribution in [0.15, 0.2) is 48.5 Å². The quantitative estimate of drug-likeness (QED) is 0.405. The van der Waals surface area contributed by atoms with Crippen molar-refractivity contribution in [3.63, 3.8) is 0 Å². The summed E-state index contributed by atoms with van der Waals surface area (Å²) in [5, 5.41) is 11.1. The molecule has 0 saturated carbocycles. The molecular formula is C33H46N4O6. The summed E-state index contributed by atoms with van der Waals surface area (Å²) in [7, 11) is 0. The number of hydrogen-bond donors (Lipinski definition) is 4. The Bertz CT molecular complexity index is 1220. The molecule has 3 rings (SSSR count). The molecule has 1 heterocycles.